The maximum atomic E-state index is 13.8. The molecule has 0 aliphatic rings. The number of rotatable bonds is 10. The minimum Gasteiger partial charge on any atom is -0.507 e. The van der Waals surface area contributed by atoms with Crippen molar-refractivity contribution in [2.24, 2.45) is 0 Å². The van der Waals surface area contributed by atoms with E-state index in [1.165, 1.54) is 41.3 Å². The van der Waals surface area contributed by atoms with Crippen molar-refractivity contribution in [3.63, 3.8) is 0 Å². The van der Waals surface area contributed by atoms with Crippen LogP contribution in [0.15, 0.2) is 58.3 Å². The molecule has 228 valence electrons. The van der Waals surface area contributed by atoms with Crippen LogP contribution in [0.1, 0.15) is 55.6 Å². The van der Waals surface area contributed by atoms with Crippen LogP contribution in [-0.2, 0) is 17.4 Å². The fourth-order valence-electron chi connectivity index (χ4n) is 5.49. The van der Waals surface area contributed by atoms with Gasteiger partial charge >= 0.3 is 7.60 Å². The van der Waals surface area contributed by atoms with Crippen LogP contribution in [0.3, 0.4) is 0 Å². The summed E-state index contributed by atoms with van der Waals surface area (Å²) in [5.74, 6) is 1.70. The highest BCUT2D eigenvalue weighted by Crippen LogP contribution is 2.49. The number of hydrogen-bond acceptors (Lipinski definition) is 7. The van der Waals surface area contributed by atoms with E-state index >= 15 is 0 Å². The quantitative estimate of drug-likeness (QED) is 0.133. The zero-order valence-corrected chi connectivity index (χ0v) is 28.9. The molecule has 0 fully saturated rings. The Bertz CT molecular complexity index is 1680. The van der Waals surface area contributed by atoms with Gasteiger partial charge in [-0.3, -0.25) is 0 Å². The first-order valence-electron chi connectivity index (χ1n) is 14.1. The van der Waals surface area contributed by atoms with Gasteiger partial charge < -0.3 is 19.3 Å². The third kappa shape index (κ3) is 7.39. The van der Waals surface area contributed by atoms with Gasteiger partial charge in [-0.1, -0.05) is 12.1 Å². The minimum absolute atomic E-state index is 0.291. The Morgan fingerprint density at radius 3 is 1.53 bits per heavy atom. The van der Waals surface area contributed by atoms with Crippen molar-refractivity contribution < 1.29 is 23.8 Å². The molecule has 4 aromatic carbocycles. The molecule has 2 N–H and O–H groups in total. The van der Waals surface area contributed by atoms with Crippen LogP contribution in [-0.4, -0.2) is 29.4 Å². The van der Waals surface area contributed by atoms with E-state index in [1.807, 2.05) is 76.6 Å². The average Bonchev–Trinajstić information content (AvgIpc) is 2.95. The summed E-state index contributed by atoms with van der Waals surface area (Å²) in [7, 11) is -3.53. The molecule has 0 spiro atoms. The highest BCUT2D eigenvalue weighted by Gasteiger charge is 2.26. The maximum absolute atomic E-state index is 13.8. The van der Waals surface area contributed by atoms with Crippen LogP contribution in [0.2, 0.25) is 0 Å². The lowest BCUT2D eigenvalue weighted by molar-refractivity contribution is 0.390. The molecule has 0 heterocycles. The Balaban J connectivity index is 1.57. The molecule has 0 amide bonds. The Hall–Kier alpha value is -2.99. The fraction of sp³-hybridized carbons (Fsp3) is 0.314. The van der Waals surface area contributed by atoms with E-state index in [0.29, 0.717) is 23.0 Å². The Morgan fingerprint density at radius 1 is 0.651 bits per heavy atom. The smallest absolute Gasteiger partial charge is 0.427 e. The van der Waals surface area contributed by atoms with Gasteiger partial charge in [0.25, 0.3) is 0 Å². The van der Waals surface area contributed by atoms with Crippen molar-refractivity contribution in [3.8, 4) is 23.0 Å². The molecule has 4 rings (SSSR count). The predicted molar refractivity (Wildman–Crippen MR) is 181 cm³/mol. The Morgan fingerprint density at radius 2 is 1.09 bits per heavy atom. The lowest BCUT2D eigenvalue weighted by atomic mass is 9.89. The zero-order valence-electron chi connectivity index (χ0n) is 26.4. The van der Waals surface area contributed by atoms with E-state index in [4.69, 9.17) is 9.05 Å². The van der Waals surface area contributed by atoms with E-state index in [-0.39, 0.29) is 0 Å². The topological polar surface area (TPSA) is 76.0 Å². The third-order valence-corrected chi connectivity index (χ3v) is 10.7. The first-order valence-corrected chi connectivity index (χ1v) is 18.6. The lowest BCUT2D eigenvalue weighted by Gasteiger charge is -2.24. The minimum atomic E-state index is -3.53. The van der Waals surface area contributed by atoms with Crippen molar-refractivity contribution in [2.75, 3.05) is 19.2 Å². The van der Waals surface area contributed by atoms with Crippen LogP contribution in [0.25, 0.3) is 0 Å². The predicted octanol–water partition coefficient (Wildman–Crippen LogP) is 9.85. The van der Waals surface area contributed by atoms with E-state index in [9.17, 15) is 14.8 Å². The fourth-order valence-corrected chi connectivity index (χ4v) is 7.72. The molecule has 0 radical (unpaired) electrons. The summed E-state index contributed by atoms with van der Waals surface area (Å²) in [5.41, 5.74) is 10.7. The van der Waals surface area contributed by atoms with Gasteiger partial charge in [0.15, 0.2) is 0 Å². The van der Waals surface area contributed by atoms with Crippen molar-refractivity contribution >= 4 is 31.1 Å². The molecule has 0 saturated heterocycles. The first-order chi connectivity index (χ1) is 20.2. The number of phenolic OH excluding ortho intramolecular Hbond substituents is 2. The summed E-state index contributed by atoms with van der Waals surface area (Å²) in [5, 5.41) is 20.1. The van der Waals surface area contributed by atoms with E-state index in [2.05, 4.69) is 13.8 Å². The average molecular weight is 637 g/mol. The molecule has 0 aliphatic heterocycles. The molecule has 5 nitrogen and oxygen atoms in total. The summed E-state index contributed by atoms with van der Waals surface area (Å²) in [4.78, 5) is 1.71. The van der Waals surface area contributed by atoms with Crippen LogP contribution >= 0.6 is 31.1 Å². The van der Waals surface area contributed by atoms with Gasteiger partial charge in [-0.2, -0.15) is 0 Å². The molecular weight excluding hydrogens is 595 g/mol. The van der Waals surface area contributed by atoms with Crippen LogP contribution in [0.4, 0.5) is 0 Å². The second-order valence-corrected chi connectivity index (χ2v) is 14.8. The van der Waals surface area contributed by atoms with Gasteiger partial charge in [-0.05, 0) is 159 Å². The van der Waals surface area contributed by atoms with E-state index in [0.717, 1.165) is 67.1 Å². The molecule has 1 atom stereocenters. The molecule has 0 aromatic heterocycles. The monoisotopic (exact) mass is 636 g/mol. The summed E-state index contributed by atoms with van der Waals surface area (Å²) >= 11 is 3.04. The maximum Gasteiger partial charge on any atom is 0.427 e. The highest BCUT2D eigenvalue weighted by atomic mass is 32.2. The van der Waals surface area contributed by atoms with Crippen LogP contribution in [0, 0.1) is 41.5 Å². The number of benzene rings is 4. The van der Waals surface area contributed by atoms with Crippen LogP contribution < -0.4 is 9.05 Å². The van der Waals surface area contributed by atoms with E-state index < -0.39 is 7.60 Å². The number of aromatic hydroxyl groups is 2. The summed E-state index contributed by atoms with van der Waals surface area (Å²) in [6.45, 7) is 13.7. The SMILES string of the molecule is CSc1cc(Cc2c(C)cc(OP(C)(=O)Oc3c(C)c(C)c(Cc4ccc(O)c(SC)c4)c(C)c3C)cc2C)ccc1O. The molecule has 0 saturated carbocycles. The summed E-state index contributed by atoms with van der Waals surface area (Å²) in [6.07, 6.45) is 5.35. The third-order valence-electron chi connectivity index (χ3n) is 8.16. The van der Waals surface area contributed by atoms with Gasteiger partial charge in [0.2, 0.25) is 0 Å². The van der Waals surface area contributed by atoms with Gasteiger partial charge in [-0.25, -0.2) is 4.57 Å². The normalized spacial score (nSPS) is 12.7. The summed E-state index contributed by atoms with van der Waals surface area (Å²) in [6, 6.07) is 15.3. The highest BCUT2D eigenvalue weighted by molar-refractivity contribution is 7.99. The molecule has 0 aliphatic carbocycles. The number of aryl methyl sites for hydroxylation is 2. The molecule has 43 heavy (non-hydrogen) atoms. The van der Waals surface area contributed by atoms with Gasteiger partial charge in [0.05, 0.1) is 6.66 Å². The molecular formula is C35H41O5PS2. The van der Waals surface area contributed by atoms with Gasteiger partial charge in [-0.15, -0.1) is 23.5 Å². The molecule has 4 aromatic rings. The van der Waals surface area contributed by atoms with E-state index in [1.54, 1.807) is 12.1 Å². The summed E-state index contributed by atoms with van der Waals surface area (Å²) < 4.78 is 26.0. The van der Waals surface area contributed by atoms with Crippen molar-refractivity contribution in [3.05, 3.63) is 104 Å². The van der Waals surface area contributed by atoms with Gasteiger partial charge in [0, 0.05) is 9.79 Å². The van der Waals surface area contributed by atoms with Crippen molar-refractivity contribution in [1.29, 1.82) is 0 Å². The first kappa shape index (κ1) is 32.9. The van der Waals surface area contributed by atoms with Crippen LogP contribution in [0.5, 0.6) is 23.0 Å². The largest absolute Gasteiger partial charge is 0.507 e. The lowest BCUT2D eigenvalue weighted by Crippen LogP contribution is -2.07. The molecule has 8 heteroatoms. The number of phenols is 2. The number of hydrogen-bond donors (Lipinski definition) is 2. The Labute approximate surface area is 264 Å². The molecule has 1 unspecified atom stereocenters. The Kier molecular flexibility index (Phi) is 10.2. The van der Waals surface area contributed by atoms with Gasteiger partial charge in [0.1, 0.15) is 23.0 Å². The zero-order chi connectivity index (χ0) is 31.6. The number of thioether (sulfide) groups is 2. The van der Waals surface area contributed by atoms with Crippen molar-refractivity contribution in [1.82, 2.24) is 0 Å². The second-order valence-electron chi connectivity index (χ2n) is 11.2. The molecule has 0 bridgehead atoms. The second kappa shape index (κ2) is 13.3. The van der Waals surface area contributed by atoms with Crippen molar-refractivity contribution in [2.45, 2.75) is 64.2 Å². The standard InChI is InChI=1S/C35H41O5PS2/c1-20-14-28(15-21(2)29(20)16-26-10-12-31(36)33(18-26)42-8)39-41(7,38)40-35-24(5)22(3)30(23(4)25(35)6)17-27-11-13-32(37)34(19-27)43-9/h10-15,18-19,36-37H,16-17H2,1-9H3.